The van der Waals surface area contributed by atoms with E-state index in [1.54, 1.807) is 11.8 Å². The first-order chi connectivity index (χ1) is 10.0. The molecule has 0 unspecified atom stereocenters. The van der Waals surface area contributed by atoms with Crippen LogP contribution in [0.4, 0.5) is 4.79 Å². The van der Waals surface area contributed by atoms with Gasteiger partial charge in [0.2, 0.25) is 5.91 Å². The average Bonchev–Trinajstić information content (AvgIpc) is 3.10. The third kappa shape index (κ3) is 2.61. The molecule has 4 amide bonds. The molecule has 0 radical (unpaired) electrons. The van der Waals surface area contributed by atoms with Crippen LogP contribution in [0.5, 0.6) is 0 Å². The van der Waals surface area contributed by atoms with E-state index in [9.17, 15) is 14.4 Å². The van der Waals surface area contributed by atoms with Crippen LogP contribution in [-0.4, -0.2) is 40.5 Å². The number of hydrogen-bond donors (Lipinski definition) is 2. The first-order valence-corrected chi connectivity index (χ1v) is 6.88. The smallest absolute Gasteiger partial charge is 0.322 e. The van der Waals surface area contributed by atoms with Crippen molar-refractivity contribution < 1.29 is 18.9 Å². The highest BCUT2D eigenvalue weighted by atomic mass is 16.5. The molecular formula is C13H16N4O4. The van der Waals surface area contributed by atoms with Gasteiger partial charge < -0.3 is 14.7 Å². The molecule has 3 heterocycles. The van der Waals surface area contributed by atoms with Gasteiger partial charge in [-0.05, 0) is 19.8 Å². The van der Waals surface area contributed by atoms with Crippen LogP contribution in [0.15, 0.2) is 10.6 Å². The number of amides is 4. The van der Waals surface area contributed by atoms with Crippen molar-refractivity contribution in [2.75, 3.05) is 6.54 Å². The predicted octanol–water partition coefficient (Wildman–Crippen LogP) is 0.245. The third-order valence-electron chi connectivity index (χ3n) is 3.80. The largest absolute Gasteiger partial charge is 0.361 e. The van der Waals surface area contributed by atoms with Crippen LogP contribution in [0.2, 0.25) is 0 Å². The topological polar surface area (TPSA) is 105 Å². The molecule has 112 valence electrons. The summed E-state index contributed by atoms with van der Waals surface area (Å²) in [5.41, 5.74) is 0.734. The van der Waals surface area contributed by atoms with Crippen LogP contribution in [0.3, 0.4) is 0 Å². The highest BCUT2D eigenvalue weighted by molar-refractivity contribution is 6.05. The quantitative estimate of drug-likeness (QED) is 0.777. The molecule has 0 saturated carbocycles. The first kappa shape index (κ1) is 13.6. The lowest BCUT2D eigenvalue weighted by atomic mass is 10.1. The number of nitrogens with zero attached hydrogens (tertiary/aromatic N) is 2. The summed E-state index contributed by atoms with van der Waals surface area (Å²) in [6.07, 6.45) is 1.66. The Hall–Kier alpha value is -2.38. The molecule has 8 heteroatoms. The fraction of sp³-hybridized carbons (Fsp3) is 0.538. The lowest BCUT2D eigenvalue weighted by Crippen LogP contribution is -2.38. The minimum Gasteiger partial charge on any atom is -0.361 e. The molecule has 0 aromatic carbocycles. The SMILES string of the molecule is Cc1cc([C@@H]2CCCN2C(=O)C[C@@H]2NC(=O)NC2=O)no1. The normalized spacial score (nSPS) is 25.1. The number of carbonyl (C=O) groups excluding carboxylic acids is 3. The molecule has 0 aliphatic carbocycles. The molecule has 0 spiro atoms. The van der Waals surface area contributed by atoms with E-state index in [0.717, 1.165) is 18.5 Å². The van der Waals surface area contributed by atoms with Crippen LogP contribution in [-0.2, 0) is 9.59 Å². The van der Waals surface area contributed by atoms with Crippen molar-refractivity contribution in [3.05, 3.63) is 17.5 Å². The second-order valence-corrected chi connectivity index (χ2v) is 5.33. The molecule has 3 rings (SSSR count). The molecule has 2 N–H and O–H groups in total. The number of rotatable bonds is 3. The Morgan fingerprint density at radius 1 is 1.52 bits per heavy atom. The van der Waals surface area contributed by atoms with Crippen molar-refractivity contribution in [2.45, 2.75) is 38.3 Å². The number of nitrogens with one attached hydrogen (secondary N) is 2. The maximum Gasteiger partial charge on any atom is 0.322 e. The van der Waals surface area contributed by atoms with E-state index in [2.05, 4.69) is 15.8 Å². The number of urea groups is 1. The Kier molecular flexibility index (Phi) is 3.36. The monoisotopic (exact) mass is 292 g/mol. The van der Waals surface area contributed by atoms with Gasteiger partial charge >= 0.3 is 6.03 Å². The number of carbonyl (C=O) groups is 3. The lowest BCUT2D eigenvalue weighted by Gasteiger charge is -2.23. The molecule has 2 aliphatic rings. The van der Waals surface area contributed by atoms with Gasteiger partial charge in [-0.3, -0.25) is 14.9 Å². The van der Waals surface area contributed by atoms with E-state index in [-0.39, 0.29) is 18.4 Å². The standard InChI is InChI=1S/C13H16N4O4/c1-7-5-8(16-21-7)10-3-2-4-17(10)11(18)6-9-12(19)15-13(20)14-9/h5,9-10H,2-4,6H2,1H3,(H2,14,15,19,20)/t9-,10-/m0/s1. The van der Waals surface area contributed by atoms with Gasteiger partial charge in [-0.1, -0.05) is 5.16 Å². The highest BCUT2D eigenvalue weighted by Crippen LogP contribution is 2.32. The van der Waals surface area contributed by atoms with Gasteiger partial charge in [-0.15, -0.1) is 0 Å². The summed E-state index contributed by atoms with van der Waals surface area (Å²) in [5.74, 6) is 0.0774. The van der Waals surface area contributed by atoms with Crippen LogP contribution >= 0.6 is 0 Å². The average molecular weight is 292 g/mol. The zero-order valence-corrected chi connectivity index (χ0v) is 11.6. The van der Waals surface area contributed by atoms with Gasteiger partial charge in [0.1, 0.15) is 17.5 Å². The van der Waals surface area contributed by atoms with Crippen LogP contribution in [0.25, 0.3) is 0 Å². The zero-order valence-electron chi connectivity index (χ0n) is 11.6. The highest BCUT2D eigenvalue weighted by Gasteiger charge is 2.37. The third-order valence-corrected chi connectivity index (χ3v) is 3.80. The molecule has 1 aromatic rings. The Morgan fingerprint density at radius 3 is 2.95 bits per heavy atom. The predicted molar refractivity (Wildman–Crippen MR) is 70.0 cm³/mol. The first-order valence-electron chi connectivity index (χ1n) is 6.88. The number of likely N-dealkylation sites (tertiary alicyclic amines) is 1. The minimum atomic E-state index is -0.787. The van der Waals surface area contributed by atoms with E-state index in [1.165, 1.54) is 0 Å². The number of aromatic nitrogens is 1. The fourth-order valence-electron chi connectivity index (χ4n) is 2.81. The summed E-state index contributed by atoms with van der Waals surface area (Å²) in [6.45, 7) is 2.42. The number of aryl methyl sites for hydroxylation is 1. The Balaban J connectivity index is 1.69. The lowest BCUT2D eigenvalue weighted by molar-refractivity contribution is -0.134. The maximum absolute atomic E-state index is 12.4. The van der Waals surface area contributed by atoms with Gasteiger partial charge in [-0.25, -0.2) is 4.79 Å². The molecule has 2 atom stereocenters. The summed E-state index contributed by atoms with van der Waals surface area (Å²) >= 11 is 0. The van der Waals surface area contributed by atoms with E-state index in [4.69, 9.17) is 4.52 Å². The van der Waals surface area contributed by atoms with Crippen molar-refractivity contribution in [1.82, 2.24) is 20.7 Å². The Morgan fingerprint density at radius 2 is 2.33 bits per heavy atom. The Bertz CT molecular complexity index is 597. The van der Waals surface area contributed by atoms with Gasteiger partial charge in [0.25, 0.3) is 5.91 Å². The summed E-state index contributed by atoms with van der Waals surface area (Å²) in [4.78, 5) is 36.6. The van der Waals surface area contributed by atoms with E-state index in [0.29, 0.717) is 12.3 Å². The molecule has 2 aliphatic heterocycles. The molecular weight excluding hydrogens is 276 g/mol. The number of imide groups is 1. The van der Waals surface area contributed by atoms with Gasteiger partial charge in [0, 0.05) is 12.6 Å². The van der Waals surface area contributed by atoms with E-state index in [1.807, 2.05) is 6.07 Å². The summed E-state index contributed by atoms with van der Waals surface area (Å²) in [6, 6.07) is 0.364. The van der Waals surface area contributed by atoms with Crippen LogP contribution < -0.4 is 10.6 Å². The van der Waals surface area contributed by atoms with Crippen molar-refractivity contribution in [2.24, 2.45) is 0 Å². The van der Waals surface area contributed by atoms with Crippen molar-refractivity contribution in [3.63, 3.8) is 0 Å². The summed E-state index contributed by atoms with van der Waals surface area (Å²) in [7, 11) is 0. The van der Waals surface area contributed by atoms with Gasteiger partial charge in [-0.2, -0.15) is 0 Å². The second kappa shape index (κ2) is 5.19. The molecule has 8 nitrogen and oxygen atoms in total. The zero-order chi connectivity index (χ0) is 15.0. The molecule has 21 heavy (non-hydrogen) atoms. The van der Waals surface area contributed by atoms with Crippen LogP contribution in [0, 0.1) is 6.92 Å². The van der Waals surface area contributed by atoms with E-state index >= 15 is 0 Å². The van der Waals surface area contributed by atoms with Gasteiger partial charge in [0.05, 0.1) is 12.5 Å². The summed E-state index contributed by atoms with van der Waals surface area (Å²) < 4.78 is 5.06. The van der Waals surface area contributed by atoms with E-state index < -0.39 is 18.0 Å². The molecule has 0 bridgehead atoms. The molecule has 2 fully saturated rings. The second-order valence-electron chi connectivity index (χ2n) is 5.33. The summed E-state index contributed by atoms with van der Waals surface area (Å²) in [5, 5.41) is 8.53. The Labute approximate surface area is 120 Å². The number of hydrogen-bond acceptors (Lipinski definition) is 5. The maximum atomic E-state index is 12.4. The van der Waals surface area contributed by atoms with Gasteiger partial charge in [0.15, 0.2) is 0 Å². The van der Waals surface area contributed by atoms with Crippen molar-refractivity contribution in [1.29, 1.82) is 0 Å². The van der Waals surface area contributed by atoms with Crippen molar-refractivity contribution >= 4 is 17.8 Å². The van der Waals surface area contributed by atoms with Crippen LogP contribution in [0.1, 0.15) is 36.8 Å². The minimum absolute atomic E-state index is 0.0368. The fourth-order valence-corrected chi connectivity index (χ4v) is 2.81. The molecule has 1 aromatic heterocycles. The van der Waals surface area contributed by atoms with Crippen molar-refractivity contribution in [3.8, 4) is 0 Å². The molecule has 2 saturated heterocycles.